The van der Waals surface area contributed by atoms with Crippen molar-refractivity contribution in [1.82, 2.24) is 20.8 Å². The van der Waals surface area contributed by atoms with E-state index in [1.165, 1.54) is 6.42 Å². The first-order valence-electron chi connectivity index (χ1n) is 5.84. The molecule has 0 aliphatic carbocycles. The summed E-state index contributed by atoms with van der Waals surface area (Å²) in [5.74, 6) is 0.353. The van der Waals surface area contributed by atoms with E-state index in [-0.39, 0.29) is 11.8 Å². The molecule has 2 saturated heterocycles. The molecule has 0 saturated carbocycles. The maximum absolute atomic E-state index is 11.9. The van der Waals surface area contributed by atoms with Gasteiger partial charge in [-0.3, -0.25) is 9.89 Å². The minimum atomic E-state index is 0.172. The predicted molar refractivity (Wildman–Crippen MR) is 58.5 cm³/mol. The second-order valence-corrected chi connectivity index (χ2v) is 4.71. The highest BCUT2D eigenvalue weighted by Gasteiger charge is 2.42. The molecule has 0 aromatic carbocycles. The summed E-state index contributed by atoms with van der Waals surface area (Å²) in [6, 6.07) is 0.990. The number of carbonyl (C=O) groups is 1. The van der Waals surface area contributed by atoms with E-state index in [2.05, 4.69) is 20.8 Å². The normalized spacial score (nSPS) is 31.9. The molecule has 3 atom stereocenters. The van der Waals surface area contributed by atoms with Crippen molar-refractivity contribution < 1.29 is 4.79 Å². The van der Waals surface area contributed by atoms with Crippen LogP contribution in [-0.2, 0) is 11.3 Å². The lowest BCUT2D eigenvalue weighted by Crippen LogP contribution is -2.37. The smallest absolute Gasteiger partial charge is 0.225 e. The quantitative estimate of drug-likeness (QED) is 0.680. The van der Waals surface area contributed by atoms with Gasteiger partial charge in [-0.15, -0.1) is 0 Å². The van der Waals surface area contributed by atoms with Crippen LogP contribution >= 0.6 is 0 Å². The summed E-state index contributed by atoms with van der Waals surface area (Å²) >= 11 is 0. The summed E-state index contributed by atoms with van der Waals surface area (Å²) in [4.78, 5) is 11.9. The van der Waals surface area contributed by atoms with Gasteiger partial charge in [0.05, 0.1) is 12.1 Å². The highest BCUT2D eigenvalue weighted by Crippen LogP contribution is 2.33. The molecule has 2 bridgehead atoms. The van der Waals surface area contributed by atoms with E-state index in [1.54, 1.807) is 12.4 Å². The number of nitrogens with zero attached hydrogens (tertiary/aromatic N) is 1. The Morgan fingerprint density at radius 1 is 1.56 bits per heavy atom. The summed E-state index contributed by atoms with van der Waals surface area (Å²) in [6.45, 7) is 0.573. The lowest BCUT2D eigenvalue weighted by atomic mass is 9.88. The van der Waals surface area contributed by atoms with Crippen molar-refractivity contribution in [2.75, 3.05) is 0 Å². The predicted octanol–water partition coefficient (Wildman–Crippen LogP) is 0.166. The third kappa shape index (κ3) is 1.71. The van der Waals surface area contributed by atoms with Crippen molar-refractivity contribution in [1.29, 1.82) is 0 Å². The molecule has 1 aromatic heterocycles. The molecule has 3 heterocycles. The van der Waals surface area contributed by atoms with Gasteiger partial charge in [-0.2, -0.15) is 5.10 Å². The first-order chi connectivity index (χ1) is 7.83. The van der Waals surface area contributed by atoms with Crippen LogP contribution in [-0.4, -0.2) is 28.2 Å². The third-order valence-electron chi connectivity index (χ3n) is 3.66. The summed E-state index contributed by atoms with van der Waals surface area (Å²) in [5, 5.41) is 13.0. The minimum Gasteiger partial charge on any atom is -0.352 e. The molecule has 86 valence electrons. The Kier molecular flexibility index (Phi) is 2.40. The third-order valence-corrected chi connectivity index (χ3v) is 3.66. The zero-order chi connectivity index (χ0) is 11.0. The maximum atomic E-state index is 11.9. The van der Waals surface area contributed by atoms with Crippen molar-refractivity contribution in [3.63, 3.8) is 0 Å². The Bertz CT molecular complexity index is 375. The van der Waals surface area contributed by atoms with Crippen LogP contribution in [0.2, 0.25) is 0 Å². The maximum Gasteiger partial charge on any atom is 0.225 e. The number of aromatic amines is 1. The number of nitrogens with one attached hydrogen (secondary N) is 3. The van der Waals surface area contributed by atoms with Crippen molar-refractivity contribution in [3.8, 4) is 0 Å². The number of amides is 1. The van der Waals surface area contributed by atoms with Crippen molar-refractivity contribution in [2.24, 2.45) is 5.92 Å². The van der Waals surface area contributed by atoms with E-state index in [4.69, 9.17) is 0 Å². The largest absolute Gasteiger partial charge is 0.352 e. The van der Waals surface area contributed by atoms with Crippen LogP contribution in [0.4, 0.5) is 0 Å². The summed E-state index contributed by atoms with van der Waals surface area (Å²) in [7, 11) is 0. The molecule has 3 N–H and O–H groups in total. The number of carbonyl (C=O) groups excluding carboxylic acids is 1. The van der Waals surface area contributed by atoms with Gasteiger partial charge in [0.25, 0.3) is 0 Å². The van der Waals surface area contributed by atoms with Crippen molar-refractivity contribution in [2.45, 2.75) is 37.9 Å². The number of H-pyrrole nitrogens is 1. The van der Waals surface area contributed by atoms with Crippen LogP contribution in [0.3, 0.4) is 0 Å². The van der Waals surface area contributed by atoms with E-state index in [0.717, 1.165) is 18.4 Å². The molecule has 3 rings (SSSR count). The van der Waals surface area contributed by atoms with Gasteiger partial charge in [0.15, 0.2) is 0 Å². The van der Waals surface area contributed by atoms with Crippen LogP contribution in [0.15, 0.2) is 12.4 Å². The monoisotopic (exact) mass is 220 g/mol. The van der Waals surface area contributed by atoms with Gasteiger partial charge >= 0.3 is 0 Å². The molecule has 1 amide bonds. The van der Waals surface area contributed by atoms with E-state index in [9.17, 15) is 4.79 Å². The van der Waals surface area contributed by atoms with Crippen LogP contribution in [0.25, 0.3) is 0 Å². The van der Waals surface area contributed by atoms with Gasteiger partial charge in [0.1, 0.15) is 0 Å². The molecule has 1 aromatic rings. The Hall–Kier alpha value is -1.36. The number of aromatic nitrogens is 2. The van der Waals surface area contributed by atoms with Crippen LogP contribution in [0.5, 0.6) is 0 Å². The van der Waals surface area contributed by atoms with Gasteiger partial charge in [-0.1, -0.05) is 0 Å². The fourth-order valence-corrected chi connectivity index (χ4v) is 2.81. The Morgan fingerprint density at radius 2 is 2.50 bits per heavy atom. The minimum absolute atomic E-state index is 0.172. The summed E-state index contributed by atoms with van der Waals surface area (Å²) in [5.41, 5.74) is 1.02. The molecule has 3 unspecified atom stereocenters. The molecule has 2 aliphatic rings. The van der Waals surface area contributed by atoms with Crippen molar-refractivity contribution in [3.05, 3.63) is 18.0 Å². The van der Waals surface area contributed by atoms with Gasteiger partial charge in [-0.05, 0) is 19.3 Å². The number of hydrogen-bond donors (Lipinski definition) is 3. The Balaban J connectivity index is 1.54. The van der Waals surface area contributed by atoms with Crippen LogP contribution in [0, 0.1) is 5.92 Å². The SMILES string of the molecule is O=C(NCc1cn[nH]c1)C1CC2CCC1N2. The molecule has 0 spiro atoms. The zero-order valence-corrected chi connectivity index (χ0v) is 9.07. The number of hydrogen-bond acceptors (Lipinski definition) is 3. The standard InChI is InChI=1S/C11H16N4O/c16-11(12-4-7-5-13-14-6-7)9-3-8-1-2-10(9)15-8/h5-6,8-10,15H,1-4H2,(H,12,16)(H,13,14). The van der Waals surface area contributed by atoms with Gasteiger partial charge in [0.2, 0.25) is 5.91 Å². The van der Waals surface area contributed by atoms with E-state index in [1.807, 2.05) is 0 Å². The van der Waals surface area contributed by atoms with E-state index >= 15 is 0 Å². The molecule has 16 heavy (non-hydrogen) atoms. The molecule has 0 radical (unpaired) electrons. The lowest BCUT2D eigenvalue weighted by Gasteiger charge is -2.19. The highest BCUT2D eigenvalue weighted by atomic mass is 16.1. The zero-order valence-electron chi connectivity index (χ0n) is 9.07. The first kappa shape index (κ1) is 9.84. The van der Waals surface area contributed by atoms with Crippen LogP contribution < -0.4 is 10.6 Å². The molecular formula is C11H16N4O. The summed E-state index contributed by atoms with van der Waals surface area (Å²) < 4.78 is 0. The van der Waals surface area contributed by atoms with Gasteiger partial charge in [-0.25, -0.2) is 0 Å². The fraction of sp³-hybridized carbons (Fsp3) is 0.636. The number of rotatable bonds is 3. The van der Waals surface area contributed by atoms with Gasteiger partial charge in [0, 0.05) is 30.4 Å². The van der Waals surface area contributed by atoms with Crippen molar-refractivity contribution >= 4 is 5.91 Å². The Labute approximate surface area is 94.0 Å². The molecule has 5 nitrogen and oxygen atoms in total. The molecule has 5 heteroatoms. The average molecular weight is 220 g/mol. The lowest BCUT2D eigenvalue weighted by molar-refractivity contribution is -0.125. The summed E-state index contributed by atoms with van der Waals surface area (Å²) in [6.07, 6.45) is 6.92. The molecular weight excluding hydrogens is 204 g/mol. The first-order valence-corrected chi connectivity index (χ1v) is 5.84. The number of fused-ring (bicyclic) bond motifs is 2. The fourth-order valence-electron chi connectivity index (χ4n) is 2.81. The topological polar surface area (TPSA) is 69.8 Å². The second-order valence-electron chi connectivity index (χ2n) is 4.71. The molecule has 2 aliphatic heterocycles. The van der Waals surface area contributed by atoms with Crippen LogP contribution in [0.1, 0.15) is 24.8 Å². The highest BCUT2D eigenvalue weighted by molar-refractivity contribution is 5.80. The Morgan fingerprint density at radius 3 is 3.12 bits per heavy atom. The molecule has 2 fully saturated rings. The van der Waals surface area contributed by atoms with E-state index in [0.29, 0.717) is 18.6 Å². The average Bonchev–Trinajstić information content (AvgIpc) is 3.01. The second kappa shape index (κ2) is 3.90. The van der Waals surface area contributed by atoms with Gasteiger partial charge < -0.3 is 10.6 Å². The van der Waals surface area contributed by atoms with E-state index < -0.39 is 0 Å².